The highest BCUT2D eigenvalue weighted by molar-refractivity contribution is 9.10. The highest BCUT2D eigenvalue weighted by Gasteiger charge is 2.12. The molecule has 0 aliphatic rings. The molecule has 2 aromatic rings. The molecule has 2 rings (SSSR count). The Kier molecular flexibility index (Phi) is 6.61. The molecule has 4 heteroatoms. The number of ether oxygens (including phenoxy) is 1. The van der Waals surface area contributed by atoms with E-state index in [1.165, 1.54) is 10.5 Å². The predicted octanol–water partition coefficient (Wildman–Crippen LogP) is 4.90. The van der Waals surface area contributed by atoms with E-state index in [1.54, 1.807) is 7.11 Å². The molecule has 0 radical (unpaired) electrons. The third-order valence-electron chi connectivity index (χ3n) is 3.21. The van der Waals surface area contributed by atoms with E-state index in [9.17, 15) is 0 Å². The zero-order chi connectivity index (χ0) is 15.1. The topological polar surface area (TPSA) is 21.3 Å². The van der Waals surface area contributed by atoms with Crippen molar-refractivity contribution >= 4 is 27.7 Å². The average molecular weight is 366 g/mol. The molecule has 0 fully saturated rings. The highest BCUT2D eigenvalue weighted by Crippen LogP contribution is 2.30. The number of halogens is 1. The van der Waals surface area contributed by atoms with Gasteiger partial charge in [-0.2, -0.15) is 0 Å². The molecule has 21 heavy (non-hydrogen) atoms. The number of thioether (sulfide) groups is 1. The van der Waals surface area contributed by atoms with Gasteiger partial charge in [0.05, 0.1) is 7.11 Å². The Morgan fingerprint density at radius 3 is 2.48 bits per heavy atom. The summed E-state index contributed by atoms with van der Waals surface area (Å²) >= 11 is 5.46. The Bertz CT molecular complexity index is 559. The van der Waals surface area contributed by atoms with Crippen molar-refractivity contribution in [3.8, 4) is 5.75 Å². The fraction of sp³-hybridized carbons (Fsp3) is 0.294. The summed E-state index contributed by atoms with van der Waals surface area (Å²) in [6.45, 7) is 3.09. The van der Waals surface area contributed by atoms with Crippen LogP contribution in [0.5, 0.6) is 5.75 Å². The van der Waals surface area contributed by atoms with Crippen LogP contribution >= 0.6 is 27.7 Å². The Morgan fingerprint density at radius 1 is 1.14 bits per heavy atom. The van der Waals surface area contributed by atoms with Crippen molar-refractivity contribution in [2.45, 2.75) is 17.9 Å². The van der Waals surface area contributed by atoms with Crippen molar-refractivity contribution in [3.05, 3.63) is 58.6 Å². The molecule has 1 N–H and O–H groups in total. The maximum absolute atomic E-state index is 5.22. The standard InChI is InChI=1S/C17H20BrNOS/c1-3-19-16(13-8-10-14(20-2)11-9-13)12-21-17-7-5-4-6-15(17)18/h4-11,16,19H,3,12H2,1-2H3. The van der Waals surface area contributed by atoms with Crippen molar-refractivity contribution in [3.63, 3.8) is 0 Å². The summed E-state index contributed by atoms with van der Waals surface area (Å²) in [5.74, 6) is 1.88. The first kappa shape index (κ1) is 16.4. The van der Waals surface area contributed by atoms with Gasteiger partial charge in [0.25, 0.3) is 0 Å². The number of hydrogen-bond acceptors (Lipinski definition) is 3. The third kappa shape index (κ3) is 4.77. The zero-order valence-electron chi connectivity index (χ0n) is 12.3. The van der Waals surface area contributed by atoms with E-state index in [0.29, 0.717) is 6.04 Å². The number of nitrogens with one attached hydrogen (secondary N) is 1. The molecule has 0 aliphatic heterocycles. The SMILES string of the molecule is CCNC(CSc1ccccc1Br)c1ccc(OC)cc1. The number of hydrogen-bond donors (Lipinski definition) is 1. The van der Waals surface area contributed by atoms with Crippen molar-refractivity contribution in [2.75, 3.05) is 19.4 Å². The van der Waals surface area contributed by atoms with E-state index in [1.807, 2.05) is 30.0 Å². The second-order valence-corrected chi connectivity index (χ2v) is 6.54. The van der Waals surface area contributed by atoms with E-state index >= 15 is 0 Å². The molecule has 0 spiro atoms. The molecule has 0 amide bonds. The van der Waals surface area contributed by atoms with Crippen LogP contribution in [0.15, 0.2) is 57.9 Å². The first-order chi connectivity index (χ1) is 10.2. The van der Waals surface area contributed by atoms with Crippen molar-refractivity contribution in [2.24, 2.45) is 0 Å². The van der Waals surface area contributed by atoms with Crippen LogP contribution in [-0.2, 0) is 0 Å². The number of benzene rings is 2. The summed E-state index contributed by atoms with van der Waals surface area (Å²) in [6, 6.07) is 17.0. The van der Waals surface area contributed by atoms with E-state index in [0.717, 1.165) is 22.5 Å². The number of rotatable bonds is 7. The van der Waals surface area contributed by atoms with Crippen LogP contribution in [0.25, 0.3) is 0 Å². The van der Waals surface area contributed by atoms with Gasteiger partial charge >= 0.3 is 0 Å². The largest absolute Gasteiger partial charge is 0.497 e. The van der Waals surface area contributed by atoms with E-state index in [4.69, 9.17) is 4.74 Å². The van der Waals surface area contributed by atoms with E-state index in [2.05, 4.69) is 58.5 Å². The van der Waals surface area contributed by atoms with Crippen LogP contribution in [-0.4, -0.2) is 19.4 Å². The fourth-order valence-electron chi connectivity index (χ4n) is 2.09. The van der Waals surface area contributed by atoms with Gasteiger partial charge in [-0.3, -0.25) is 0 Å². The molecule has 1 atom stereocenters. The first-order valence-electron chi connectivity index (χ1n) is 6.99. The summed E-state index contributed by atoms with van der Waals surface area (Å²) in [4.78, 5) is 1.27. The fourth-order valence-corrected chi connectivity index (χ4v) is 3.76. The summed E-state index contributed by atoms with van der Waals surface area (Å²) < 4.78 is 6.37. The molecular formula is C17H20BrNOS. The van der Waals surface area contributed by atoms with Gasteiger partial charge < -0.3 is 10.1 Å². The van der Waals surface area contributed by atoms with Crippen molar-refractivity contribution < 1.29 is 4.74 Å². The van der Waals surface area contributed by atoms with Gasteiger partial charge in [-0.05, 0) is 52.3 Å². The summed E-state index contributed by atoms with van der Waals surface area (Å²) in [5.41, 5.74) is 1.29. The average Bonchev–Trinajstić information content (AvgIpc) is 2.53. The van der Waals surface area contributed by atoms with Crippen LogP contribution in [0.1, 0.15) is 18.5 Å². The van der Waals surface area contributed by atoms with Gasteiger partial charge in [0, 0.05) is 21.2 Å². The molecule has 1 unspecified atom stereocenters. The zero-order valence-corrected chi connectivity index (χ0v) is 14.7. The van der Waals surface area contributed by atoms with Crippen LogP contribution < -0.4 is 10.1 Å². The highest BCUT2D eigenvalue weighted by atomic mass is 79.9. The Balaban J connectivity index is 2.06. The Hall–Kier alpha value is -0.970. The normalized spacial score (nSPS) is 12.1. The van der Waals surface area contributed by atoms with Gasteiger partial charge in [-0.25, -0.2) is 0 Å². The van der Waals surface area contributed by atoms with E-state index in [-0.39, 0.29) is 0 Å². The van der Waals surface area contributed by atoms with Gasteiger partial charge in [-0.1, -0.05) is 31.2 Å². The maximum Gasteiger partial charge on any atom is 0.118 e. The Labute approximate surface area is 139 Å². The quantitative estimate of drug-likeness (QED) is 0.705. The molecule has 0 aliphatic carbocycles. The molecule has 0 saturated heterocycles. The molecule has 0 heterocycles. The predicted molar refractivity (Wildman–Crippen MR) is 94.3 cm³/mol. The molecule has 2 nitrogen and oxygen atoms in total. The lowest BCUT2D eigenvalue weighted by Crippen LogP contribution is -2.22. The molecular weight excluding hydrogens is 346 g/mol. The number of methoxy groups -OCH3 is 1. The second kappa shape index (κ2) is 8.47. The molecule has 2 aromatic carbocycles. The van der Waals surface area contributed by atoms with Gasteiger partial charge in [0.15, 0.2) is 0 Å². The van der Waals surface area contributed by atoms with Gasteiger partial charge in [0.2, 0.25) is 0 Å². The van der Waals surface area contributed by atoms with Gasteiger partial charge in [0.1, 0.15) is 5.75 Å². The first-order valence-corrected chi connectivity index (χ1v) is 8.77. The van der Waals surface area contributed by atoms with Crippen LogP contribution in [0.2, 0.25) is 0 Å². The molecule has 112 valence electrons. The second-order valence-electron chi connectivity index (χ2n) is 4.62. The van der Waals surface area contributed by atoms with Crippen molar-refractivity contribution in [1.82, 2.24) is 5.32 Å². The van der Waals surface area contributed by atoms with E-state index < -0.39 is 0 Å². The monoisotopic (exact) mass is 365 g/mol. The smallest absolute Gasteiger partial charge is 0.118 e. The minimum atomic E-state index is 0.331. The summed E-state index contributed by atoms with van der Waals surface area (Å²) in [7, 11) is 1.69. The lowest BCUT2D eigenvalue weighted by atomic mass is 10.1. The maximum atomic E-state index is 5.22. The Morgan fingerprint density at radius 2 is 1.86 bits per heavy atom. The molecule has 0 saturated carbocycles. The molecule has 0 aromatic heterocycles. The minimum absolute atomic E-state index is 0.331. The van der Waals surface area contributed by atoms with Crippen molar-refractivity contribution in [1.29, 1.82) is 0 Å². The third-order valence-corrected chi connectivity index (χ3v) is 5.33. The van der Waals surface area contributed by atoms with Crippen LogP contribution in [0, 0.1) is 0 Å². The lowest BCUT2D eigenvalue weighted by molar-refractivity contribution is 0.414. The van der Waals surface area contributed by atoms with Crippen LogP contribution in [0.3, 0.4) is 0 Å². The lowest BCUT2D eigenvalue weighted by Gasteiger charge is -2.18. The van der Waals surface area contributed by atoms with Crippen LogP contribution in [0.4, 0.5) is 0 Å². The summed E-state index contributed by atoms with van der Waals surface area (Å²) in [5, 5.41) is 3.55. The van der Waals surface area contributed by atoms with Gasteiger partial charge in [-0.15, -0.1) is 11.8 Å². The summed E-state index contributed by atoms with van der Waals surface area (Å²) in [6.07, 6.45) is 0. The minimum Gasteiger partial charge on any atom is -0.497 e. The molecule has 0 bridgehead atoms.